The molecule has 0 aliphatic rings. The molecule has 1 N–H and O–H groups in total. The van der Waals surface area contributed by atoms with Crippen LogP contribution in [0.25, 0.3) is 0 Å². The van der Waals surface area contributed by atoms with Crippen LogP contribution in [-0.2, 0) is 27.1 Å². The Morgan fingerprint density at radius 2 is 1.68 bits per heavy atom. The SMILES string of the molecule is Cc1ccc(S(=O)(=O)N(C)C)cc1NS(=O)(=O)c1c(C)nn(C)c1C. The van der Waals surface area contributed by atoms with Crippen LogP contribution in [0.1, 0.15) is 17.0 Å². The maximum atomic E-state index is 12.8. The van der Waals surface area contributed by atoms with Crippen LogP contribution in [0.4, 0.5) is 5.69 Å². The molecule has 2 rings (SSSR count). The fraction of sp³-hybridized carbons (Fsp3) is 0.400. The summed E-state index contributed by atoms with van der Waals surface area (Å²) in [4.78, 5) is 0.107. The number of sulfonamides is 2. The molecular weight excluding hydrogens is 364 g/mol. The second kappa shape index (κ2) is 6.43. The lowest BCUT2D eigenvalue weighted by Crippen LogP contribution is -2.22. The number of aromatic nitrogens is 2. The van der Waals surface area contributed by atoms with Gasteiger partial charge in [-0.2, -0.15) is 5.10 Å². The lowest BCUT2D eigenvalue weighted by Gasteiger charge is -2.15. The third-order valence-corrected chi connectivity index (χ3v) is 7.37. The monoisotopic (exact) mass is 386 g/mol. The Morgan fingerprint density at radius 1 is 1.08 bits per heavy atom. The zero-order valence-electron chi connectivity index (χ0n) is 15.0. The summed E-state index contributed by atoms with van der Waals surface area (Å²) < 4.78 is 55.2. The molecule has 0 saturated carbocycles. The van der Waals surface area contributed by atoms with E-state index in [0.29, 0.717) is 17.0 Å². The van der Waals surface area contributed by atoms with E-state index in [2.05, 4.69) is 9.82 Å². The van der Waals surface area contributed by atoms with Crippen LogP contribution in [-0.4, -0.2) is 45.0 Å². The van der Waals surface area contributed by atoms with Crippen LogP contribution < -0.4 is 4.72 Å². The second-order valence-corrected chi connectivity index (χ2v) is 9.76. The molecule has 138 valence electrons. The number of nitrogens with zero attached hydrogens (tertiary/aromatic N) is 3. The Bertz CT molecular complexity index is 1020. The number of anilines is 1. The van der Waals surface area contributed by atoms with Gasteiger partial charge in [-0.1, -0.05) is 6.07 Å². The Morgan fingerprint density at radius 3 is 2.16 bits per heavy atom. The average Bonchev–Trinajstić information content (AvgIpc) is 2.74. The second-order valence-electron chi connectivity index (χ2n) is 5.99. The van der Waals surface area contributed by atoms with Crippen molar-refractivity contribution < 1.29 is 16.8 Å². The summed E-state index contributed by atoms with van der Waals surface area (Å²) in [7, 11) is -3.07. The van der Waals surface area contributed by atoms with E-state index in [1.165, 1.54) is 30.9 Å². The first-order chi connectivity index (χ1) is 11.4. The summed E-state index contributed by atoms with van der Waals surface area (Å²) in [5, 5.41) is 4.12. The molecule has 0 atom stereocenters. The van der Waals surface area contributed by atoms with E-state index in [1.54, 1.807) is 33.9 Å². The summed E-state index contributed by atoms with van der Waals surface area (Å²) in [6, 6.07) is 4.34. The molecule has 0 radical (unpaired) electrons. The normalized spacial score (nSPS) is 12.6. The Kier molecular flexibility index (Phi) is 4.99. The number of hydrogen-bond donors (Lipinski definition) is 1. The summed E-state index contributed by atoms with van der Waals surface area (Å²) in [5.74, 6) is 0. The highest BCUT2D eigenvalue weighted by atomic mass is 32.2. The van der Waals surface area contributed by atoms with Crippen LogP contribution in [0.3, 0.4) is 0 Å². The third kappa shape index (κ3) is 3.55. The van der Waals surface area contributed by atoms with Crippen LogP contribution in [0.5, 0.6) is 0 Å². The molecule has 0 aliphatic heterocycles. The van der Waals surface area contributed by atoms with Crippen molar-refractivity contribution in [2.24, 2.45) is 7.05 Å². The van der Waals surface area contributed by atoms with Crippen molar-refractivity contribution in [2.45, 2.75) is 30.6 Å². The minimum absolute atomic E-state index is 0.0143. The molecule has 1 heterocycles. The Hall–Kier alpha value is -1.91. The lowest BCUT2D eigenvalue weighted by molar-refractivity contribution is 0.520. The van der Waals surface area contributed by atoms with Gasteiger partial charge in [0.2, 0.25) is 10.0 Å². The number of rotatable bonds is 5. The minimum atomic E-state index is -3.90. The van der Waals surface area contributed by atoms with E-state index < -0.39 is 20.0 Å². The molecule has 0 aliphatic carbocycles. The van der Waals surface area contributed by atoms with Crippen molar-refractivity contribution in [3.63, 3.8) is 0 Å². The van der Waals surface area contributed by atoms with E-state index in [0.717, 1.165) is 4.31 Å². The summed E-state index contributed by atoms with van der Waals surface area (Å²) in [6.45, 7) is 4.97. The highest BCUT2D eigenvalue weighted by molar-refractivity contribution is 7.92. The van der Waals surface area contributed by atoms with Gasteiger partial charge in [-0.25, -0.2) is 21.1 Å². The predicted molar refractivity (Wildman–Crippen MR) is 95.5 cm³/mol. The lowest BCUT2D eigenvalue weighted by atomic mass is 10.2. The van der Waals surface area contributed by atoms with Crippen molar-refractivity contribution >= 4 is 25.7 Å². The molecule has 2 aromatic rings. The zero-order chi connectivity index (χ0) is 19.2. The average molecular weight is 386 g/mol. The van der Waals surface area contributed by atoms with Crippen LogP contribution >= 0.6 is 0 Å². The number of nitrogens with one attached hydrogen (secondary N) is 1. The van der Waals surface area contributed by atoms with Gasteiger partial charge in [-0.05, 0) is 38.5 Å². The van der Waals surface area contributed by atoms with Gasteiger partial charge in [0, 0.05) is 21.1 Å². The van der Waals surface area contributed by atoms with E-state index in [9.17, 15) is 16.8 Å². The molecule has 25 heavy (non-hydrogen) atoms. The number of aryl methyl sites for hydroxylation is 3. The molecule has 0 bridgehead atoms. The van der Waals surface area contributed by atoms with Crippen molar-refractivity contribution in [3.8, 4) is 0 Å². The van der Waals surface area contributed by atoms with Gasteiger partial charge >= 0.3 is 0 Å². The van der Waals surface area contributed by atoms with Crippen molar-refractivity contribution in [3.05, 3.63) is 35.2 Å². The summed E-state index contributed by atoms with van der Waals surface area (Å²) in [6.07, 6.45) is 0. The van der Waals surface area contributed by atoms with Crippen molar-refractivity contribution in [2.75, 3.05) is 18.8 Å². The van der Waals surface area contributed by atoms with Gasteiger partial charge < -0.3 is 0 Å². The van der Waals surface area contributed by atoms with Gasteiger partial charge in [0.15, 0.2) is 0 Å². The molecule has 0 fully saturated rings. The standard InChI is InChI=1S/C15H22N4O4S2/c1-10-7-8-13(25(22,23)18(4)5)9-14(10)17-24(20,21)15-11(2)16-19(6)12(15)3/h7-9,17H,1-6H3. The smallest absolute Gasteiger partial charge is 0.265 e. The molecule has 0 amide bonds. The van der Waals surface area contributed by atoms with Crippen LogP contribution in [0.2, 0.25) is 0 Å². The molecule has 0 saturated heterocycles. The first-order valence-corrected chi connectivity index (χ1v) is 10.4. The Balaban J connectivity index is 2.53. The van der Waals surface area contributed by atoms with E-state index in [-0.39, 0.29) is 15.5 Å². The highest BCUT2D eigenvalue weighted by Crippen LogP contribution is 2.26. The number of benzene rings is 1. The molecule has 8 nitrogen and oxygen atoms in total. The largest absolute Gasteiger partial charge is 0.279 e. The summed E-state index contributed by atoms with van der Waals surface area (Å²) >= 11 is 0. The Labute approximate surface area is 148 Å². The van der Waals surface area contributed by atoms with Crippen molar-refractivity contribution in [1.82, 2.24) is 14.1 Å². The first-order valence-electron chi connectivity index (χ1n) is 7.44. The minimum Gasteiger partial charge on any atom is -0.279 e. The van der Waals surface area contributed by atoms with Crippen LogP contribution in [0, 0.1) is 20.8 Å². The van der Waals surface area contributed by atoms with Crippen molar-refractivity contribution in [1.29, 1.82) is 0 Å². The van der Waals surface area contributed by atoms with Gasteiger partial charge in [0.05, 0.1) is 22.0 Å². The van der Waals surface area contributed by atoms with Gasteiger partial charge in [0.1, 0.15) is 4.90 Å². The molecule has 0 unspecified atom stereocenters. The maximum Gasteiger partial charge on any atom is 0.265 e. The predicted octanol–water partition coefficient (Wildman–Crippen LogP) is 1.40. The van der Waals surface area contributed by atoms with Gasteiger partial charge in [-0.15, -0.1) is 0 Å². The summed E-state index contributed by atoms with van der Waals surface area (Å²) in [5.41, 5.74) is 1.70. The first kappa shape index (κ1) is 19.4. The topological polar surface area (TPSA) is 101 Å². The molecular formula is C15H22N4O4S2. The van der Waals surface area contributed by atoms with Gasteiger partial charge in [-0.3, -0.25) is 9.40 Å². The molecule has 10 heteroatoms. The highest BCUT2D eigenvalue weighted by Gasteiger charge is 2.25. The van der Waals surface area contributed by atoms with Gasteiger partial charge in [0.25, 0.3) is 10.0 Å². The fourth-order valence-corrected chi connectivity index (χ4v) is 4.91. The maximum absolute atomic E-state index is 12.8. The molecule has 1 aromatic carbocycles. The molecule has 0 spiro atoms. The van der Waals surface area contributed by atoms with E-state index in [1.807, 2.05) is 0 Å². The van der Waals surface area contributed by atoms with Crippen LogP contribution in [0.15, 0.2) is 28.0 Å². The van der Waals surface area contributed by atoms with E-state index >= 15 is 0 Å². The quantitative estimate of drug-likeness (QED) is 0.837. The molecule has 1 aromatic heterocycles. The number of hydrogen-bond acceptors (Lipinski definition) is 5. The zero-order valence-corrected chi connectivity index (χ0v) is 16.7. The van der Waals surface area contributed by atoms with E-state index in [4.69, 9.17) is 0 Å². The fourth-order valence-electron chi connectivity index (χ4n) is 2.42. The third-order valence-electron chi connectivity index (χ3n) is 3.94.